The van der Waals surface area contributed by atoms with Crippen molar-refractivity contribution in [1.82, 2.24) is 0 Å². The maximum Gasteiger partial charge on any atom is 0.446 e. The van der Waals surface area contributed by atoms with Crippen LogP contribution in [0.5, 0.6) is 0 Å². The molecule has 0 spiro atoms. The molecule has 0 aliphatic carbocycles. The smallest absolute Gasteiger partial charge is 0.379 e. The number of halogens is 4. The number of thiophene rings is 1. The van der Waals surface area contributed by atoms with Gasteiger partial charge in [-0.2, -0.15) is 26.0 Å². The first-order valence-electron chi connectivity index (χ1n) is 6.72. The monoisotopic (exact) mass is 396 g/mol. The van der Waals surface area contributed by atoms with Gasteiger partial charge in [0.2, 0.25) is 5.83 Å². The molecule has 0 aliphatic rings. The maximum atomic E-state index is 13.7. The predicted octanol–water partition coefficient (Wildman–Crippen LogP) is 4.24. The van der Waals surface area contributed by atoms with Crippen molar-refractivity contribution in [2.24, 2.45) is 0 Å². The van der Waals surface area contributed by atoms with Crippen LogP contribution in [0.1, 0.15) is 16.5 Å². The number of hydrogen-bond donors (Lipinski definition) is 1. The molecular weight excluding hydrogens is 384 g/mol. The van der Waals surface area contributed by atoms with Crippen molar-refractivity contribution < 1.29 is 35.3 Å². The normalized spacial score (nSPS) is 14.8. The fraction of sp³-hybridized carbons (Fsp3) is 0.200. The molecule has 0 fully saturated rings. The van der Waals surface area contributed by atoms with Gasteiger partial charge >= 0.3 is 16.3 Å². The standard InChI is InChI=1S/C15H12F4O4S2/c1-9-4-6-10(7-5-9)25(21,22)23-13(14(16)15(17,18)19)12(20)11-3-2-8-24-11/h2-8,12,20H,1H3/b14-13+. The number of rotatable bonds is 5. The van der Waals surface area contributed by atoms with E-state index in [9.17, 15) is 31.1 Å². The van der Waals surface area contributed by atoms with E-state index in [1.54, 1.807) is 6.92 Å². The number of alkyl halides is 3. The molecule has 10 heteroatoms. The molecule has 25 heavy (non-hydrogen) atoms. The quantitative estimate of drug-likeness (QED) is 0.467. The lowest BCUT2D eigenvalue weighted by atomic mass is 10.2. The molecular formula is C15H12F4O4S2. The third kappa shape index (κ3) is 4.59. The molecule has 1 aromatic heterocycles. The zero-order chi connectivity index (χ0) is 18.8. The van der Waals surface area contributed by atoms with Crippen LogP contribution in [-0.2, 0) is 14.3 Å². The van der Waals surface area contributed by atoms with E-state index >= 15 is 0 Å². The van der Waals surface area contributed by atoms with E-state index in [0.717, 1.165) is 23.5 Å². The van der Waals surface area contributed by atoms with Crippen LogP contribution < -0.4 is 0 Å². The first-order valence-corrected chi connectivity index (χ1v) is 9.00. The molecule has 0 saturated heterocycles. The summed E-state index contributed by atoms with van der Waals surface area (Å²) < 4.78 is 80.6. The number of allylic oxidation sites excluding steroid dienone is 1. The lowest BCUT2D eigenvalue weighted by Gasteiger charge is -2.17. The van der Waals surface area contributed by atoms with Crippen molar-refractivity contribution in [1.29, 1.82) is 0 Å². The van der Waals surface area contributed by atoms with Crippen LogP contribution in [0.2, 0.25) is 0 Å². The van der Waals surface area contributed by atoms with E-state index in [2.05, 4.69) is 4.18 Å². The summed E-state index contributed by atoms with van der Waals surface area (Å²) in [5, 5.41) is 11.4. The summed E-state index contributed by atoms with van der Waals surface area (Å²) in [4.78, 5) is -0.572. The summed E-state index contributed by atoms with van der Waals surface area (Å²) in [5.41, 5.74) is 0.704. The van der Waals surface area contributed by atoms with Crippen molar-refractivity contribution >= 4 is 21.5 Å². The first kappa shape index (κ1) is 19.4. The Labute approximate surface area is 145 Å². The van der Waals surface area contributed by atoms with Crippen LogP contribution in [0.25, 0.3) is 0 Å². The Morgan fingerprint density at radius 3 is 2.28 bits per heavy atom. The average molecular weight is 396 g/mol. The number of benzene rings is 1. The Balaban J connectivity index is 2.48. The van der Waals surface area contributed by atoms with E-state index in [0.29, 0.717) is 5.56 Å². The maximum absolute atomic E-state index is 13.7. The highest BCUT2D eigenvalue weighted by atomic mass is 32.2. The van der Waals surface area contributed by atoms with Gasteiger partial charge in [-0.05, 0) is 30.5 Å². The highest BCUT2D eigenvalue weighted by molar-refractivity contribution is 7.86. The average Bonchev–Trinajstić information content (AvgIpc) is 3.05. The van der Waals surface area contributed by atoms with Crippen molar-refractivity contribution in [2.45, 2.75) is 24.1 Å². The fourth-order valence-corrected chi connectivity index (χ4v) is 3.46. The number of aliphatic hydroxyl groups excluding tert-OH is 1. The Kier molecular flexibility index (Phi) is 5.55. The van der Waals surface area contributed by atoms with Gasteiger partial charge in [0.05, 0.1) is 0 Å². The third-order valence-electron chi connectivity index (χ3n) is 3.04. The number of aliphatic hydroxyl groups is 1. The van der Waals surface area contributed by atoms with Crippen LogP contribution in [0.3, 0.4) is 0 Å². The van der Waals surface area contributed by atoms with E-state index < -0.39 is 38.9 Å². The molecule has 0 saturated carbocycles. The molecule has 1 heterocycles. The first-order chi connectivity index (χ1) is 11.5. The van der Waals surface area contributed by atoms with E-state index in [1.165, 1.54) is 29.6 Å². The van der Waals surface area contributed by atoms with Gasteiger partial charge in [0, 0.05) is 4.88 Å². The summed E-state index contributed by atoms with van der Waals surface area (Å²) in [7, 11) is -4.77. The molecule has 1 atom stereocenters. The molecule has 0 bridgehead atoms. The van der Waals surface area contributed by atoms with Gasteiger partial charge in [-0.3, -0.25) is 0 Å². The van der Waals surface area contributed by atoms with Crippen LogP contribution in [0.15, 0.2) is 58.3 Å². The molecule has 1 unspecified atom stereocenters. The predicted molar refractivity (Wildman–Crippen MR) is 82.9 cm³/mol. The summed E-state index contributed by atoms with van der Waals surface area (Å²) in [6.07, 6.45) is -7.74. The van der Waals surface area contributed by atoms with Gasteiger partial charge in [-0.25, -0.2) is 0 Å². The zero-order valence-electron chi connectivity index (χ0n) is 12.6. The van der Waals surface area contributed by atoms with Crippen molar-refractivity contribution in [3.63, 3.8) is 0 Å². The Morgan fingerprint density at radius 1 is 1.20 bits per heavy atom. The van der Waals surface area contributed by atoms with Crippen LogP contribution in [-0.4, -0.2) is 19.7 Å². The number of hydrogen-bond acceptors (Lipinski definition) is 5. The van der Waals surface area contributed by atoms with Gasteiger partial charge < -0.3 is 9.29 Å². The van der Waals surface area contributed by atoms with Crippen molar-refractivity contribution in [2.75, 3.05) is 0 Å². The van der Waals surface area contributed by atoms with Crippen molar-refractivity contribution in [3.8, 4) is 0 Å². The van der Waals surface area contributed by atoms with Crippen LogP contribution in [0, 0.1) is 6.92 Å². The Hall–Kier alpha value is -1.91. The van der Waals surface area contributed by atoms with Gasteiger partial charge in [-0.1, -0.05) is 23.8 Å². The van der Waals surface area contributed by atoms with E-state index in [-0.39, 0.29) is 4.88 Å². The molecule has 2 rings (SSSR count). The highest BCUT2D eigenvalue weighted by Crippen LogP contribution is 2.38. The molecule has 136 valence electrons. The lowest BCUT2D eigenvalue weighted by Crippen LogP contribution is -2.19. The summed E-state index contributed by atoms with van der Waals surface area (Å²) >= 11 is 0.818. The van der Waals surface area contributed by atoms with Crippen LogP contribution in [0.4, 0.5) is 17.6 Å². The van der Waals surface area contributed by atoms with E-state index in [1.807, 2.05) is 0 Å². The molecule has 4 nitrogen and oxygen atoms in total. The molecule has 0 amide bonds. The minimum atomic E-state index is -5.52. The van der Waals surface area contributed by atoms with Gasteiger partial charge in [0.15, 0.2) is 5.76 Å². The second kappa shape index (κ2) is 7.14. The second-order valence-electron chi connectivity index (χ2n) is 4.94. The molecule has 0 aliphatic heterocycles. The Bertz CT molecular complexity index is 854. The number of aryl methyl sites for hydroxylation is 1. The SMILES string of the molecule is Cc1ccc(S(=O)(=O)O/C(=C(/F)C(F)(F)F)C(O)c2cccs2)cc1. The summed E-state index contributed by atoms with van der Waals surface area (Å²) in [6.45, 7) is 1.67. The summed E-state index contributed by atoms with van der Waals surface area (Å²) in [6, 6.07) is 7.63. The molecule has 1 N–H and O–H groups in total. The highest BCUT2D eigenvalue weighted by Gasteiger charge is 2.42. The third-order valence-corrected chi connectivity index (χ3v) is 5.21. The fourth-order valence-electron chi connectivity index (χ4n) is 1.79. The molecule has 0 radical (unpaired) electrons. The minimum Gasteiger partial charge on any atom is -0.379 e. The largest absolute Gasteiger partial charge is 0.446 e. The Morgan fingerprint density at radius 2 is 1.80 bits per heavy atom. The van der Waals surface area contributed by atoms with E-state index in [4.69, 9.17) is 0 Å². The van der Waals surface area contributed by atoms with Crippen molar-refractivity contribution in [3.05, 3.63) is 63.8 Å². The van der Waals surface area contributed by atoms with Gasteiger partial charge in [0.25, 0.3) is 0 Å². The molecule has 1 aromatic carbocycles. The second-order valence-corrected chi connectivity index (χ2v) is 7.47. The zero-order valence-corrected chi connectivity index (χ0v) is 14.3. The minimum absolute atomic E-state index is 0.103. The summed E-state index contributed by atoms with van der Waals surface area (Å²) in [5.74, 6) is -4.54. The molecule has 2 aromatic rings. The topological polar surface area (TPSA) is 63.6 Å². The van der Waals surface area contributed by atoms with Gasteiger partial charge in [0.1, 0.15) is 11.0 Å². The lowest BCUT2D eigenvalue weighted by molar-refractivity contribution is -0.113. The van der Waals surface area contributed by atoms with Crippen LogP contribution >= 0.6 is 11.3 Å². The van der Waals surface area contributed by atoms with Gasteiger partial charge in [-0.15, -0.1) is 11.3 Å².